The average Bonchev–Trinajstić information content (AvgIpc) is 3.35. The van der Waals surface area contributed by atoms with Crippen LogP contribution >= 0.6 is 0 Å². The third-order valence-electron chi connectivity index (χ3n) is 15.6. The fourth-order valence-corrected chi connectivity index (χ4v) is 13.2. The first-order valence-electron chi connectivity index (χ1n) is 18.3. The van der Waals surface area contributed by atoms with Crippen molar-refractivity contribution >= 4 is 11.5 Å². The van der Waals surface area contributed by atoms with Crippen molar-refractivity contribution in [1.82, 2.24) is 10.2 Å². The number of nitrogens with one attached hydrogen (secondary N) is 1. The minimum absolute atomic E-state index is 0.158. The van der Waals surface area contributed by atoms with Gasteiger partial charge in [-0.15, -0.1) is 0 Å². The molecule has 3 nitrogen and oxygen atoms in total. The number of likely N-dealkylation sites (N-methyl/N-ethyl adjacent to an activating group) is 1. The second kappa shape index (κ2) is 11.0. The lowest BCUT2D eigenvalue weighted by atomic mass is 9.32. The maximum absolute atomic E-state index is 14.2. The summed E-state index contributed by atoms with van der Waals surface area (Å²) >= 11 is 0. The summed E-state index contributed by atoms with van der Waals surface area (Å²) in [6.45, 7) is 22.0. The van der Waals surface area contributed by atoms with Gasteiger partial charge in [-0.3, -0.25) is 4.79 Å². The van der Waals surface area contributed by atoms with Crippen LogP contribution in [0.3, 0.4) is 0 Å². The van der Waals surface area contributed by atoms with E-state index in [-0.39, 0.29) is 10.8 Å². The van der Waals surface area contributed by atoms with Crippen LogP contribution in [0.2, 0.25) is 0 Å². The predicted octanol–water partition coefficient (Wildman–Crippen LogP) is 9.40. The Balaban J connectivity index is 1.34. The van der Waals surface area contributed by atoms with Gasteiger partial charge < -0.3 is 10.2 Å². The Morgan fingerprint density at radius 1 is 0.886 bits per heavy atom. The molecule has 0 bridgehead atoms. The highest BCUT2D eigenvalue weighted by Gasteiger charge is 2.71. The smallest absolute Gasteiger partial charge is 0.226 e. The molecule has 6 rings (SSSR count). The van der Waals surface area contributed by atoms with Gasteiger partial charge in [0.25, 0.3) is 0 Å². The zero-order valence-corrected chi connectivity index (χ0v) is 30.0. The SMILES string of the molecule is Cc1ccc(C2=CCC3(C)C(CCC4(C)C3CCC3C5C(C(C)C)CCC5(C(=O)NCCN(C)C)CCC34C)C2(C)C)cc1. The van der Waals surface area contributed by atoms with Crippen LogP contribution in [-0.4, -0.2) is 38.0 Å². The van der Waals surface area contributed by atoms with Crippen LogP contribution < -0.4 is 5.32 Å². The van der Waals surface area contributed by atoms with Gasteiger partial charge in [-0.1, -0.05) is 84.4 Å². The van der Waals surface area contributed by atoms with E-state index in [1.54, 1.807) is 5.57 Å². The van der Waals surface area contributed by atoms with Gasteiger partial charge in [-0.25, -0.2) is 0 Å². The number of carbonyl (C=O) groups is 1. The van der Waals surface area contributed by atoms with Gasteiger partial charge in [0.2, 0.25) is 5.91 Å². The summed E-state index contributed by atoms with van der Waals surface area (Å²) in [5.41, 5.74) is 5.31. The van der Waals surface area contributed by atoms with Gasteiger partial charge in [-0.05, 0) is 147 Å². The van der Waals surface area contributed by atoms with Crippen LogP contribution in [0.5, 0.6) is 0 Å². The average molecular weight is 601 g/mol. The van der Waals surface area contributed by atoms with Crippen LogP contribution in [0.4, 0.5) is 0 Å². The van der Waals surface area contributed by atoms with Crippen LogP contribution in [0, 0.1) is 69.5 Å². The van der Waals surface area contributed by atoms with Crippen molar-refractivity contribution < 1.29 is 4.79 Å². The van der Waals surface area contributed by atoms with Crippen molar-refractivity contribution in [2.75, 3.05) is 27.2 Å². The van der Waals surface area contributed by atoms with E-state index in [1.807, 2.05) is 0 Å². The second-order valence-electron chi connectivity index (χ2n) is 18.3. The van der Waals surface area contributed by atoms with Crippen molar-refractivity contribution in [3.05, 3.63) is 41.5 Å². The van der Waals surface area contributed by atoms with Gasteiger partial charge in [0, 0.05) is 13.1 Å². The first-order valence-corrected chi connectivity index (χ1v) is 18.3. The Hall–Kier alpha value is -1.61. The number of fused-ring (bicyclic) bond motifs is 7. The molecule has 1 amide bonds. The number of carbonyl (C=O) groups excluding carboxylic acids is 1. The van der Waals surface area contributed by atoms with E-state index in [2.05, 4.69) is 110 Å². The molecule has 1 aromatic rings. The molecule has 5 aliphatic rings. The van der Waals surface area contributed by atoms with Crippen LogP contribution in [0.15, 0.2) is 30.3 Å². The number of aryl methyl sites for hydroxylation is 1. The lowest BCUT2D eigenvalue weighted by molar-refractivity contribution is -0.227. The van der Waals surface area contributed by atoms with Crippen molar-refractivity contribution in [1.29, 1.82) is 0 Å². The maximum Gasteiger partial charge on any atom is 0.226 e. The molecule has 0 aromatic heterocycles. The lowest BCUT2D eigenvalue weighted by Gasteiger charge is -2.72. The number of benzene rings is 1. The van der Waals surface area contributed by atoms with E-state index in [0.717, 1.165) is 31.8 Å². The van der Waals surface area contributed by atoms with Crippen molar-refractivity contribution in [3.63, 3.8) is 0 Å². The molecule has 0 spiro atoms. The summed E-state index contributed by atoms with van der Waals surface area (Å²) in [6.07, 6.45) is 13.8. The maximum atomic E-state index is 14.2. The van der Waals surface area contributed by atoms with Crippen molar-refractivity contribution in [2.24, 2.45) is 62.6 Å². The van der Waals surface area contributed by atoms with Gasteiger partial charge in [0.15, 0.2) is 0 Å². The molecular formula is C41H64N2O. The standard InChI is InChI=1S/C41H64N2O/c1-27(2)30-17-22-41(36(44)42-25-26-43(9)10)24-23-39(7)32(35(30)41)15-16-34-38(6)20-18-31(29-13-11-28(3)12-14-29)37(4,5)33(38)19-21-40(34,39)8/h11-14,18,27,30,32-35H,15-17,19-26H2,1-10H3,(H,42,44). The number of hydrogen-bond acceptors (Lipinski definition) is 2. The molecule has 4 saturated carbocycles. The Bertz CT molecular complexity index is 1280. The van der Waals surface area contributed by atoms with Crippen molar-refractivity contribution in [3.8, 4) is 0 Å². The first-order chi connectivity index (χ1) is 20.6. The van der Waals surface area contributed by atoms with Crippen LogP contribution in [0.25, 0.3) is 5.57 Å². The molecule has 5 aliphatic carbocycles. The number of hydrogen-bond donors (Lipinski definition) is 1. The zero-order chi connectivity index (χ0) is 31.9. The van der Waals surface area contributed by atoms with Gasteiger partial charge in [0.05, 0.1) is 5.41 Å². The quantitative estimate of drug-likeness (QED) is 0.353. The van der Waals surface area contributed by atoms with E-state index in [9.17, 15) is 4.79 Å². The molecule has 1 aromatic carbocycles. The molecule has 0 heterocycles. The van der Waals surface area contributed by atoms with Crippen LogP contribution in [0.1, 0.15) is 117 Å². The number of nitrogens with zero attached hydrogens (tertiary/aromatic N) is 1. The fourth-order valence-electron chi connectivity index (χ4n) is 13.2. The highest BCUT2D eigenvalue weighted by Crippen LogP contribution is 2.77. The van der Waals surface area contributed by atoms with Gasteiger partial charge in [-0.2, -0.15) is 0 Å². The minimum Gasteiger partial charge on any atom is -0.354 e. The molecule has 44 heavy (non-hydrogen) atoms. The van der Waals surface area contributed by atoms with E-state index >= 15 is 0 Å². The number of amides is 1. The molecule has 9 atom stereocenters. The molecule has 3 heteroatoms. The predicted molar refractivity (Wildman–Crippen MR) is 185 cm³/mol. The summed E-state index contributed by atoms with van der Waals surface area (Å²) in [6, 6.07) is 9.31. The van der Waals surface area contributed by atoms with E-state index in [4.69, 9.17) is 0 Å². The summed E-state index contributed by atoms with van der Waals surface area (Å²) in [5, 5.41) is 3.47. The minimum atomic E-state index is -0.158. The molecule has 4 fully saturated rings. The highest BCUT2D eigenvalue weighted by atomic mass is 16.2. The van der Waals surface area contributed by atoms with E-state index in [0.29, 0.717) is 51.7 Å². The summed E-state index contributed by atoms with van der Waals surface area (Å²) < 4.78 is 0. The van der Waals surface area contributed by atoms with E-state index in [1.165, 1.54) is 56.1 Å². The molecule has 0 saturated heterocycles. The lowest BCUT2D eigenvalue weighted by Crippen LogP contribution is -2.66. The molecule has 9 unspecified atom stereocenters. The molecule has 1 N–H and O–H groups in total. The van der Waals surface area contributed by atoms with Gasteiger partial charge in [0.1, 0.15) is 0 Å². The van der Waals surface area contributed by atoms with Crippen LogP contribution in [-0.2, 0) is 4.79 Å². The normalized spacial score (nSPS) is 42.6. The summed E-state index contributed by atoms with van der Waals surface area (Å²) in [5.74, 6) is 4.32. The monoisotopic (exact) mass is 601 g/mol. The third-order valence-corrected chi connectivity index (χ3v) is 15.6. The Labute approximate surface area is 270 Å². The Morgan fingerprint density at radius 2 is 1.59 bits per heavy atom. The largest absolute Gasteiger partial charge is 0.354 e. The molecule has 0 radical (unpaired) electrons. The topological polar surface area (TPSA) is 32.3 Å². The second-order valence-corrected chi connectivity index (χ2v) is 18.3. The van der Waals surface area contributed by atoms with E-state index < -0.39 is 0 Å². The first kappa shape index (κ1) is 32.3. The highest BCUT2D eigenvalue weighted by molar-refractivity contribution is 5.83. The molecule has 0 aliphatic heterocycles. The number of allylic oxidation sites excluding steroid dienone is 2. The Kier molecular flexibility index (Phi) is 8.08. The third kappa shape index (κ3) is 4.55. The van der Waals surface area contributed by atoms with Crippen molar-refractivity contribution in [2.45, 2.75) is 113 Å². The molecule has 244 valence electrons. The Morgan fingerprint density at radius 3 is 2.25 bits per heavy atom. The molecular weight excluding hydrogens is 536 g/mol. The summed E-state index contributed by atoms with van der Waals surface area (Å²) in [7, 11) is 4.20. The fraction of sp³-hybridized carbons (Fsp3) is 0.780. The summed E-state index contributed by atoms with van der Waals surface area (Å²) in [4.78, 5) is 16.4. The zero-order valence-electron chi connectivity index (χ0n) is 30.0. The van der Waals surface area contributed by atoms with Gasteiger partial charge >= 0.3 is 0 Å². The number of rotatable bonds is 6.